The molecule has 1 atom stereocenters. The van der Waals surface area contributed by atoms with Gasteiger partial charge < -0.3 is 4.42 Å². The molecule has 0 radical (unpaired) electrons. The normalized spacial score (nSPS) is 17.7. The van der Waals surface area contributed by atoms with Crippen LogP contribution in [0.4, 0.5) is 0 Å². The summed E-state index contributed by atoms with van der Waals surface area (Å²) in [6, 6.07) is 1.58. The molecule has 1 aliphatic heterocycles. The Kier molecular flexibility index (Phi) is 6.50. The number of hydrogen-bond donors (Lipinski definition) is 2. The van der Waals surface area contributed by atoms with Gasteiger partial charge in [-0.25, -0.2) is 0 Å². The van der Waals surface area contributed by atoms with Gasteiger partial charge in [0.15, 0.2) is 0 Å². The lowest BCUT2D eigenvalue weighted by Crippen LogP contribution is -2.41. The van der Waals surface area contributed by atoms with Crippen molar-refractivity contribution in [3.8, 4) is 0 Å². The molecule has 7 heteroatoms. The molecule has 1 unspecified atom stereocenters. The molecule has 0 spiro atoms. The third-order valence-corrected chi connectivity index (χ3v) is 6.33. The number of hydrogen-bond acceptors (Lipinski definition) is 5. The van der Waals surface area contributed by atoms with Crippen LogP contribution in [0.15, 0.2) is 16.7 Å². The number of carbonyl (C=O) groups is 2. The molecular weight excluding hydrogens is 308 g/mol. The van der Waals surface area contributed by atoms with Crippen molar-refractivity contribution in [2.24, 2.45) is 0 Å². The average Bonchev–Trinajstić information content (AvgIpc) is 3.12. The molecule has 2 N–H and O–H groups in total. The van der Waals surface area contributed by atoms with Crippen LogP contribution in [0.3, 0.4) is 0 Å². The van der Waals surface area contributed by atoms with E-state index in [9.17, 15) is 9.59 Å². The van der Waals surface area contributed by atoms with Crippen molar-refractivity contribution in [2.45, 2.75) is 44.3 Å². The highest BCUT2D eigenvalue weighted by atomic mass is 33.1. The predicted octanol–water partition coefficient (Wildman–Crippen LogP) is 3.06. The predicted molar refractivity (Wildman–Crippen MR) is 86.0 cm³/mol. The zero-order valence-electron chi connectivity index (χ0n) is 12.0. The van der Waals surface area contributed by atoms with Crippen LogP contribution in [0.1, 0.15) is 48.2 Å². The van der Waals surface area contributed by atoms with Crippen LogP contribution < -0.4 is 10.9 Å². The van der Waals surface area contributed by atoms with Gasteiger partial charge in [0, 0.05) is 17.4 Å². The zero-order valence-corrected chi connectivity index (χ0v) is 13.6. The van der Waals surface area contributed by atoms with Crippen LogP contribution in [0.25, 0.3) is 0 Å². The van der Waals surface area contributed by atoms with Crippen molar-refractivity contribution in [2.75, 3.05) is 5.75 Å². The Labute approximate surface area is 132 Å². The van der Waals surface area contributed by atoms with Gasteiger partial charge in [-0.2, -0.15) is 0 Å². The number of aryl methyl sites for hydroxylation is 1. The fraction of sp³-hybridized carbons (Fsp3) is 0.571. The third kappa shape index (κ3) is 5.32. The smallest absolute Gasteiger partial charge is 0.273 e. The standard InChI is InChI=1S/C14H20N2O3S2/c1-10-12(6-8-19-10)14(18)16-15-13(17)5-3-2-4-11-7-9-20-21-11/h6,8,11H,2-5,7,9H2,1H3,(H,15,17)(H,16,18). The molecule has 0 bridgehead atoms. The summed E-state index contributed by atoms with van der Waals surface area (Å²) < 4.78 is 5.04. The minimum absolute atomic E-state index is 0.155. The summed E-state index contributed by atoms with van der Waals surface area (Å²) in [5.41, 5.74) is 5.27. The number of unbranched alkanes of at least 4 members (excludes halogenated alkanes) is 1. The molecule has 2 heterocycles. The monoisotopic (exact) mass is 328 g/mol. The van der Waals surface area contributed by atoms with E-state index in [4.69, 9.17) is 4.42 Å². The quantitative estimate of drug-likeness (QED) is 0.477. The Morgan fingerprint density at radius 2 is 2.24 bits per heavy atom. The number of amides is 2. The topological polar surface area (TPSA) is 71.3 Å². The number of carbonyl (C=O) groups excluding carboxylic acids is 2. The summed E-state index contributed by atoms with van der Waals surface area (Å²) >= 11 is 0. The van der Waals surface area contributed by atoms with Crippen LogP contribution >= 0.6 is 21.6 Å². The zero-order chi connectivity index (χ0) is 15.1. The van der Waals surface area contributed by atoms with E-state index in [2.05, 4.69) is 10.9 Å². The van der Waals surface area contributed by atoms with Crippen LogP contribution in [-0.4, -0.2) is 22.8 Å². The minimum Gasteiger partial charge on any atom is -0.469 e. The number of hydrazine groups is 1. The van der Waals surface area contributed by atoms with Crippen LogP contribution in [0, 0.1) is 6.92 Å². The molecule has 0 saturated carbocycles. The van der Waals surface area contributed by atoms with E-state index in [-0.39, 0.29) is 11.8 Å². The molecule has 5 nitrogen and oxygen atoms in total. The summed E-state index contributed by atoms with van der Waals surface area (Å²) in [5, 5.41) is 0.752. The van der Waals surface area contributed by atoms with Gasteiger partial charge in [-0.15, -0.1) is 0 Å². The number of furan rings is 1. The Hall–Kier alpha value is -1.08. The van der Waals surface area contributed by atoms with Gasteiger partial charge in [-0.1, -0.05) is 28.0 Å². The van der Waals surface area contributed by atoms with Gasteiger partial charge in [-0.3, -0.25) is 20.4 Å². The van der Waals surface area contributed by atoms with Gasteiger partial charge in [0.05, 0.1) is 11.8 Å². The van der Waals surface area contributed by atoms with Gasteiger partial charge in [-0.05, 0) is 32.3 Å². The van der Waals surface area contributed by atoms with Crippen molar-refractivity contribution in [1.82, 2.24) is 10.9 Å². The average molecular weight is 328 g/mol. The van der Waals surface area contributed by atoms with E-state index < -0.39 is 0 Å². The largest absolute Gasteiger partial charge is 0.469 e. The van der Waals surface area contributed by atoms with Crippen LogP contribution in [-0.2, 0) is 4.79 Å². The van der Waals surface area contributed by atoms with E-state index in [1.807, 2.05) is 21.6 Å². The van der Waals surface area contributed by atoms with Crippen molar-refractivity contribution < 1.29 is 14.0 Å². The second-order valence-electron chi connectivity index (χ2n) is 4.97. The molecule has 1 saturated heterocycles. The Bertz CT molecular complexity index is 484. The third-order valence-electron chi connectivity index (χ3n) is 3.33. The Balaban J connectivity index is 1.57. The summed E-state index contributed by atoms with van der Waals surface area (Å²) in [7, 11) is 3.91. The van der Waals surface area contributed by atoms with Gasteiger partial charge in [0.25, 0.3) is 5.91 Å². The van der Waals surface area contributed by atoms with Crippen molar-refractivity contribution in [1.29, 1.82) is 0 Å². The molecular formula is C14H20N2O3S2. The first kappa shape index (κ1) is 16.3. The molecule has 2 rings (SSSR count). The van der Waals surface area contributed by atoms with Gasteiger partial charge >= 0.3 is 0 Å². The molecule has 1 fully saturated rings. The Morgan fingerprint density at radius 1 is 1.38 bits per heavy atom. The molecule has 2 amide bonds. The SMILES string of the molecule is Cc1occc1C(=O)NNC(=O)CCCCC1CCSS1. The van der Waals surface area contributed by atoms with Crippen LogP contribution in [0.5, 0.6) is 0 Å². The fourth-order valence-corrected chi connectivity index (χ4v) is 5.13. The van der Waals surface area contributed by atoms with Crippen molar-refractivity contribution in [3.05, 3.63) is 23.7 Å². The highest BCUT2D eigenvalue weighted by Gasteiger charge is 2.16. The maximum Gasteiger partial charge on any atom is 0.273 e. The summed E-state index contributed by atoms with van der Waals surface area (Å²) in [6.07, 6.45) is 6.25. The lowest BCUT2D eigenvalue weighted by molar-refractivity contribution is -0.122. The van der Waals surface area contributed by atoms with Crippen LogP contribution in [0.2, 0.25) is 0 Å². The second kappa shape index (κ2) is 8.38. The molecule has 0 aliphatic carbocycles. The molecule has 21 heavy (non-hydrogen) atoms. The number of rotatable bonds is 6. The lowest BCUT2D eigenvalue weighted by atomic mass is 10.1. The summed E-state index contributed by atoms with van der Waals surface area (Å²) in [4.78, 5) is 23.4. The second-order valence-corrected chi connectivity index (χ2v) is 7.75. The first-order valence-corrected chi connectivity index (χ1v) is 9.46. The highest BCUT2D eigenvalue weighted by molar-refractivity contribution is 8.77. The lowest BCUT2D eigenvalue weighted by Gasteiger charge is -2.08. The Morgan fingerprint density at radius 3 is 2.90 bits per heavy atom. The first-order chi connectivity index (χ1) is 10.2. The summed E-state index contributed by atoms with van der Waals surface area (Å²) in [6.45, 7) is 1.70. The van der Waals surface area contributed by atoms with E-state index >= 15 is 0 Å². The molecule has 1 aromatic heterocycles. The number of nitrogens with one attached hydrogen (secondary N) is 2. The van der Waals surface area contributed by atoms with Gasteiger partial charge in [0.2, 0.25) is 5.91 Å². The molecule has 0 aromatic carbocycles. The molecule has 1 aliphatic rings. The van der Waals surface area contributed by atoms with Gasteiger partial charge in [0.1, 0.15) is 5.76 Å². The summed E-state index contributed by atoms with van der Waals surface area (Å²) in [5.74, 6) is 1.27. The van der Waals surface area contributed by atoms with E-state index in [0.717, 1.165) is 18.1 Å². The van der Waals surface area contributed by atoms with E-state index in [1.165, 1.54) is 24.9 Å². The van der Waals surface area contributed by atoms with E-state index in [0.29, 0.717) is 17.7 Å². The fourth-order valence-electron chi connectivity index (χ4n) is 2.10. The van der Waals surface area contributed by atoms with Crippen molar-refractivity contribution in [3.63, 3.8) is 0 Å². The van der Waals surface area contributed by atoms with Crippen molar-refractivity contribution >= 4 is 33.4 Å². The maximum atomic E-state index is 11.7. The molecule has 1 aromatic rings. The first-order valence-electron chi connectivity index (χ1n) is 7.08. The molecule has 116 valence electrons. The minimum atomic E-state index is -0.353. The highest BCUT2D eigenvalue weighted by Crippen LogP contribution is 2.39. The van der Waals surface area contributed by atoms with E-state index in [1.54, 1.807) is 13.0 Å². The maximum absolute atomic E-state index is 11.7.